The largest absolute Gasteiger partial charge is 0.375 e. The van der Waals surface area contributed by atoms with E-state index in [4.69, 9.17) is 26.9 Å². The molecule has 0 fully saturated rings. The summed E-state index contributed by atoms with van der Waals surface area (Å²) in [4.78, 5) is 11.4. The van der Waals surface area contributed by atoms with Crippen LogP contribution in [0.4, 0.5) is 11.4 Å². The minimum Gasteiger partial charge on any atom is -0.375 e. The molecule has 20 heavy (non-hydrogen) atoms. The van der Waals surface area contributed by atoms with E-state index in [0.29, 0.717) is 16.4 Å². The number of hydrogen-bond acceptors (Lipinski definition) is 6. The summed E-state index contributed by atoms with van der Waals surface area (Å²) in [6.07, 6.45) is 0. The molecule has 0 heterocycles. The number of nitriles is 2. The van der Waals surface area contributed by atoms with E-state index in [-0.39, 0.29) is 18.2 Å². The van der Waals surface area contributed by atoms with Gasteiger partial charge in [0.25, 0.3) is 0 Å². The maximum atomic E-state index is 11.4. The highest BCUT2D eigenvalue weighted by Crippen LogP contribution is 2.25. The maximum absolute atomic E-state index is 11.4. The third-order valence-corrected chi connectivity index (χ3v) is 2.36. The number of nitrogens with one attached hydrogen (secondary N) is 2. The molecular weight excluding hydrogens is 282 g/mol. The average Bonchev–Trinajstić information content (AvgIpc) is 2.43. The molecule has 1 amide bonds. The number of ether oxygens (including phenoxy) is 1. The van der Waals surface area contributed by atoms with Gasteiger partial charge in [0.05, 0.1) is 10.7 Å². The van der Waals surface area contributed by atoms with Gasteiger partial charge in [0.15, 0.2) is 0 Å². The highest BCUT2D eigenvalue weighted by atomic mass is 35.5. The number of hydrogen-bond donors (Lipinski definition) is 2. The number of anilines is 2. The number of carbonyl (C=O) groups is 1. The van der Waals surface area contributed by atoms with Gasteiger partial charge in [-0.15, -0.1) is 0 Å². The topological polar surface area (TPSA) is 110 Å². The summed E-state index contributed by atoms with van der Waals surface area (Å²) < 4.78 is 4.69. The predicted molar refractivity (Wildman–Crippen MR) is 74.2 cm³/mol. The van der Waals surface area contributed by atoms with Crippen LogP contribution in [0.1, 0.15) is 0 Å². The number of rotatable bonds is 5. The fraction of sp³-hybridized carbons (Fsp3) is 0.167. The van der Waals surface area contributed by atoms with E-state index in [0.717, 1.165) is 0 Å². The molecule has 0 aromatic heterocycles. The van der Waals surface area contributed by atoms with Gasteiger partial charge in [-0.1, -0.05) is 11.6 Å². The lowest BCUT2D eigenvalue weighted by atomic mass is 10.3. The third-order valence-electron chi connectivity index (χ3n) is 2.03. The molecule has 1 aromatic rings. The Hall–Kier alpha value is -2.61. The van der Waals surface area contributed by atoms with Crippen molar-refractivity contribution in [2.75, 3.05) is 24.5 Å². The number of methoxy groups -OCH3 is 1. The smallest absolute Gasteiger partial charge is 0.250 e. The molecule has 0 atom stereocenters. The van der Waals surface area contributed by atoms with Gasteiger partial charge < -0.3 is 10.1 Å². The summed E-state index contributed by atoms with van der Waals surface area (Å²) in [7, 11) is 1.41. The fourth-order valence-electron chi connectivity index (χ4n) is 1.21. The van der Waals surface area contributed by atoms with Crippen LogP contribution >= 0.6 is 11.6 Å². The van der Waals surface area contributed by atoms with E-state index in [1.54, 1.807) is 24.3 Å². The van der Waals surface area contributed by atoms with Crippen molar-refractivity contribution in [2.24, 2.45) is 5.10 Å². The first-order valence-electron chi connectivity index (χ1n) is 5.33. The van der Waals surface area contributed by atoms with Crippen LogP contribution < -0.4 is 10.7 Å². The summed E-state index contributed by atoms with van der Waals surface area (Å²) in [6, 6.07) is 7.86. The van der Waals surface area contributed by atoms with Gasteiger partial charge in [-0.2, -0.15) is 15.6 Å². The van der Waals surface area contributed by atoms with E-state index in [2.05, 4.69) is 15.8 Å². The quantitative estimate of drug-likeness (QED) is 0.634. The van der Waals surface area contributed by atoms with E-state index in [1.165, 1.54) is 13.2 Å². The van der Waals surface area contributed by atoms with Gasteiger partial charge in [0.2, 0.25) is 11.6 Å². The van der Waals surface area contributed by atoms with Gasteiger partial charge in [0, 0.05) is 12.8 Å². The number of carbonyl (C=O) groups excluding carboxylic acids is 1. The lowest BCUT2D eigenvalue weighted by Crippen LogP contribution is -2.17. The van der Waals surface area contributed by atoms with Crippen molar-refractivity contribution in [1.29, 1.82) is 10.5 Å². The Kier molecular flexibility index (Phi) is 5.98. The Morgan fingerprint density at radius 1 is 1.45 bits per heavy atom. The minimum absolute atomic E-state index is 0.0729. The van der Waals surface area contributed by atoms with Crippen LogP contribution in [-0.4, -0.2) is 25.3 Å². The second-order valence-corrected chi connectivity index (χ2v) is 3.88. The van der Waals surface area contributed by atoms with Crippen LogP contribution in [0.5, 0.6) is 0 Å². The Labute approximate surface area is 120 Å². The van der Waals surface area contributed by atoms with Crippen LogP contribution in [-0.2, 0) is 9.53 Å². The van der Waals surface area contributed by atoms with Crippen molar-refractivity contribution in [3.05, 3.63) is 23.2 Å². The third kappa shape index (κ3) is 4.58. The average molecular weight is 292 g/mol. The molecule has 0 aliphatic carbocycles. The van der Waals surface area contributed by atoms with E-state index in [9.17, 15) is 4.79 Å². The molecule has 0 aliphatic heterocycles. The van der Waals surface area contributed by atoms with Crippen molar-refractivity contribution >= 4 is 34.6 Å². The highest BCUT2D eigenvalue weighted by molar-refractivity contribution is 6.33. The SMILES string of the molecule is COCC(=O)Nc1ccc(Cl)c(NN=C(C#N)C#N)c1. The second kappa shape index (κ2) is 7.74. The summed E-state index contributed by atoms with van der Waals surface area (Å²) in [5, 5.41) is 23.6. The number of nitrogens with zero attached hydrogens (tertiary/aromatic N) is 3. The fourth-order valence-corrected chi connectivity index (χ4v) is 1.37. The van der Waals surface area contributed by atoms with E-state index >= 15 is 0 Å². The normalized spacial score (nSPS) is 9.00. The lowest BCUT2D eigenvalue weighted by Gasteiger charge is -2.08. The van der Waals surface area contributed by atoms with Crippen molar-refractivity contribution in [3.8, 4) is 12.1 Å². The van der Waals surface area contributed by atoms with Crippen LogP contribution in [0.15, 0.2) is 23.3 Å². The van der Waals surface area contributed by atoms with Crippen molar-refractivity contribution in [1.82, 2.24) is 0 Å². The Bertz CT molecular complexity index is 599. The number of halogens is 1. The number of amides is 1. The molecule has 1 rings (SSSR count). The summed E-state index contributed by atoms with van der Waals surface area (Å²) in [6.45, 7) is -0.0729. The molecular formula is C12H10ClN5O2. The van der Waals surface area contributed by atoms with E-state index < -0.39 is 0 Å². The Morgan fingerprint density at radius 2 is 2.15 bits per heavy atom. The molecule has 0 saturated heterocycles. The maximum Gasteiger partial charge on any atom is 0.250 e. The molecule has 0 spiro atoms. The van der Waals surface area contributed by atoms with E-state index in [1.807, 2.05) is 0 Å². The first-order valence-corrected chi connectivity index (χ1v) is 5.70. The van der Waals surface area contributed by atoms with Gasteiger partial charge in [-0.25, -0.2) is 0 Å². The molecule has 8 heteroatoms. The second-order valence-electron chi connectivity index (χ2n) is 3.47. The molecule has 0 radical (unpaired) electrons. The lowest BCUT2D eigenvalue weighted by molar-refractivity contribution is -0.119. The number of benzene rings is 1. The molecule has 7 nitrogen and oxygen atoms in total. The standard InChI is InChI=1S/C12H10ClN5O2/c1-20-7-12(19)16-8-2-3-10(13)11(4-8)18-17-9(5-14)6-15/h2-4,18H,7H2,1H3,(H,16,19). The highest BCUT2D eigenvalue weighted by Gasteiger charge is 2.05. The molecule has 102 valence electrons. The molecule has 0 saturated carbocycles. The van der Waals surface area contributed by atoms with Gasteiger partial charge >= 0.3 is 0 Å². The van der Waals surface area contributed by atoms with Crippen LogP contribution in [0.25, 0.3) is 0 Å². The van der Waals surface area contributed by atoms with Gasteiger partial charge in [0.1, 0.15) is 18.7 Å². The van der Waals surface area contributed by atoms with Crippen molar-refractivity contribution in [3.63, 3.8) is 0 Å². The van der Waals surface area contributed by atoms with Crippen molar-refractivity contribution < 1.29 is 9.53 Å². The first-order chi connectivity index (χ1) is 9.60. The van der Waals surface area contributed by atoms with Crippen LogP contribution in [0, 0.1) is 22.7 Å². The summed E-state index contributed by atoms with van der Waals surface area (Å²) >= 11 is 5.93. The predicted octanol–water partition coefficient (Wildman–Crippen LogP) is 1.74. The van der Waals surface area contributed by atoms with Crippen LogP contribution in [0.3, 0.4) is 0 Å². The Morgan fingerprint density at radius 3 is 2.75 bits per heavy atom. The number of hydrazone groups is 1. The summed E-state index contributed by atoms with van der Waals surface area (Å²) in [5.41, 5.74) is 2.98. The zero-order valence-corrected chi connectivity index (χ0v) is 11.2. The molecule has 2 N–H and O–H groups in total. The Balaban J connectivity index is 2.88. The molecule has 0 unspecified atom stereocenters. The monoisotopic (exact) mass is 291 g/mol. The zero-order valence-electron chi connectivity index (χ0n) is 10.5. The van der Waals surface area contributed by atoms with Crippen LogP contribution in [0.2, 0.25) is 5.02 Å². The van der Waals surface area contributed by atoms with Gasteiger partial charge in [-0.05, 0) is 18.2 Å². The zero-order chi connectivity index (χ0) is 15.0. The summed E-state index contributed by atoms with van der Waals surface area (Å²) in [5.74, 6) is -0.320. The minimum atomic E-state index is -0.338. The molecule has 0 bridgehead atoms. The molecule has 1 aromatic carbocycles. The van der Waals surface area contributed by atoms with Crippen molar-refractivity contribution in [2.45, 2.75) is 0 Å². The van der Waals surface area contributed by atoms with Gasteiger partial charge in [-0.3, -0.25) is 10.2 Å². The molecule has 0 aliphatic rings. The first kappa shape index (κ1) is 15.4.